The monoisotopic (exact) mass is 309 g/mol. The van der Waals surface area contributed by atoms with Crippen molar-refractivity contribution < 1.29 is 9.59 Å². The van der Waals surface area contributed by atoms with Crippen LogP contribution in [0, 0.1) is 11.8 Å². The highest BCUT2D eigenvalue weighted by Crippen LogP contribution is 2.21. The highest BCUT2D eigenvalue weighted by Gasteiger charge is 2.32. The molecule has 2 aliphatic heterocycles. The van der Waals surface area contributed by atoms with E-state index in [0.717, 1.165) is 45.3 Å². The van der Waals surface area contributed by atoms with E-state index in [0.29, 0.717) is 6.04 Å². The fraction of sp³-hybridized carbons (Fsp3) is 0.882. The third-order valence-electron chi connectivity index (χ3n) is 5.30. The molecule has 2 rings (SSSR count). The summed E-state index contributed by atoms with van der Waals surface area (Å²) in [6.07, 6.45) is 3.80. The average molecular weight is 309 g/mol. The molecule has 0 bridgehead atoms. The lowest BCUT2D eigenvalue weighted by molar-refractivity contribution is -0.138. The summed E-state index contributed by atoms with van der Waals surface area (Å²) in [5.41, 5.74) is 0. The summed E-state index contributed by atoms with van der Waals surface area (Å²) in [6, 6.07) is 0.668. The molecule has 0 aromatic heterocycles. The first-order chi connectivity index (χ1) is 10.4. The molecule has 2 amide bonds. The van der Waals surface area contributed by atoms with Crippen molar-refractivity contribution in [3.05, 3.63) is 0 Å². The van der Waals surface area contributed by atoms with Gasteiger partial charge in [-0.05, 0) is 46.2 Å². The van der Waals surface area contributed by atoms with Crippen LogP contribution in [0.15, 0.2) is 0 Å². The predicted molar refractivity (Wildman–Crippen MR) is 87.4 cm³/mol. The summed E-state index contributed by atoms with van der Waals surface area (Å²) in [7, 11) is 2.12. The van der Waals surface area contributed by atoms with E-state index in [1.807, 2.05) is 18.7 Å². The van der Waals surface area contributed by atoms with Crippen molar-refractivity contribution >= 4 is 11.8 Å². The van der Waals surface area contributed by atoms with Crippen LogP contribution in [0.25, 0.3) is 0 Å². The molecule has 2 atom stereocenters. The van der Waals surface area contributed by atoms with E-state index in [1.54, 1.807) is 0 Å². The second-order valence-electron chi connectivity index (χ2n) is 7.23. The lowest BCUT2D eigenvalue weighted by Gasteiger charge is -2.39. The Morgan fingerprint density at radius 2 is 1.73 bits per heavy atom. The molecule has 0 saturated carbocycles. The average Bonchev–Trinajstić information content (AvgIpc) is 2.51. The molecule has 126 valence electrons. The van der Waals surface area contributed by atoms with Gasteiger partial charge in [-0.25, -0.2) is 0 Å². The summed E-state index contributed by atoms with van der Waals surface area (Å²) >= 11 is 0. The lowest BCUT2D eigenvalue weighted by Crippen LogP contribution is -2.54. The van der Waals surface area contributed by atoms with E-state index in [4.69, 9.17) is 0 Å². The minimum absolute atomic E-state index is 0.0454. The van der Waals surface area contributed by atoms with Crippen LogP contribution in [0.2, 0.25) is 0 Å². The standard InChI is InChI=1S/C17H31N3O2/c1-12(2)17(22)20-10-7-14(8-11-20)16(21)18-15-6-5-9-19(4)13(15)3/h12-15H,5-11H2,1-4H3,(H,18,21)/t13-,15-/m1/s1. The van der Waals surface area contributed by atoms with Gasteiger partial charge in [0.05, 0.1) is 0 Å². The van der Waals surface area contributed by atoms with Gasteiger partial charge in [-0.15, -0.1) is 0 Å². The van der Waals surface area contributed by atoms with Crippen LogP contribution in [0.4, 0.5) is 0 Å². The Morgan fingerprint density at radius 3 is 2.32 bits per heavy atom. The molecule has 5 heteroatoms. The van der Waals surface area contributed by atoms with Crippen molar-refractivity contribution in [3.8, 4) is 0 Å². The van der Waals surface area contributed by atoms with Crippen molar-refractivity contribution in [1.82, 2.24) is 15.1 Å². The first-order valence-electron chi connectivity index (χ1n) is 8.69. The molecule has 2 saturated heterocycles. The number of likely N-dealkylation sites (tertiary alicyclic amines) is 2. The number of rotatable bonds is 3. The number of nitrogens with zero attached hydrogens (tertiary/aromatic N) is 2. The molecular formula is C17H31N3O2. The lowest BCUT2D eigenvalue weighted by atomic mass is 9.92. The van der Waals surface area contributed by atoms with Crippen LogP contribution in [0.1, 0.15) is 46.5 Å². The van der Waals surface area contributed by atoms with Crippen molar-refractivity contribution in [2.75, 3.05) is 26.7 Å². The van der Waals surface area contributed by atoms with E-state index in [1.165, 1.54) is 0 Å². The Morgan fingerprint density at radius 1 is 1.09 bits per heavy atom. The van der Waals surface area contributed by atoms with E-state index >= 15 is 0 Å². The Bertz CT molecular complexity index is 403. The minimum Gasteiger partial charge on any atom is -0.352 e. The number of likely N-dealkylation sites (N-methyl/N-ethyl adjacent to an activating group) is 1. The Kier molecular flexibility index (Phi) is 5.84. The van der Waals surface area contributed by atoms with Crippen LogP contribution in [0.3, 0.4) is 0 Å². The number of carbonyl (C=O) groups excluding carboxylic acids is 2. The number of amides is 2. The Labute approximate surface area is 134 Å². The molecule has 22 heavy (non-hydrogen) atoms. The van der Waals surface area contributed by atoms with Crippen molar-refractivity contribution in [2.24, 2.45) is 11.8 Å². The van der Waals surface area contributed by atoms with Crippen molar-refractivity contribution in [2.45, 2.75) is 58.5 Å². The van der Waals surface area contributed by atoms with Crippen LogP contribution in [-0.4, -0.2) is 60.4 Å². The molecular weight excluding hydrogens is 278 g/mol. The third-order valence-corrected chi connectivity index (χ3v) is 5.30. The summed E-state index contributed by atoms with van der Waals surface area (Å²) in [4.78, 5) is 28.7. The van der Waals surface area contributed by atoms with Gasteiger partial charge in [0.15, 0.2) is 0 Å². The molecule has 0 radical (unpaired) electrons. The smallest absolute Gasteiger partial charge is 0.225 e. The highest BCUT2D eigenvalue weighted by molar-refractivity contribution is 5.81. The van der Waals surface area contributed by atoms with Crippen LogP contribution < -0.4 is 5.32 Å². The van der Waals surface area contributed by atoms with E-state index in [2.05, 4.69) is 24.2 Å². The predicted octanol–water partition coefficient (Wildman–Crippen LogP) is 1.48. The zero-order valence-corrected chi connectivity index (χ0v) is 14.5. The van der Waals surface area contributed by atoms with Crippen LogP contribution >= 0.6 is 0 Å². The highest BCUT2D eigenvalue weighted by atomic mass is 16.2. The Balaban J connectivity index is 1.81. The van der Waals surface area contributed by atoms with Gasteiger partial charge in [0.25, 0.3) is 0 Å². The van der Waals surface area contributed by atoms with Crippen LogP contribution in [-0.2, 0) is 9.59 Å². The number of hydrogen-bond acceptors (Lipinski definition) is 3. The first kappa shape index (κ1) is 17.3. The molecule has 0 aromatic carbocycles. The second-order valence-corrected chi connectivity index (χ2v) is 7.23. The zero-order chi connectivity index (χ0) is 16.3. The summed E-state index contributed by atoms with van der Waals surface area (Å²) in [6.45, 7) is 8.60. The van der Waals surface area contributed by atoms with Gasteiger partial charge in [0.1, 0.15) is 0 Å². The molecule has 2 aliphatic rings. The molecule has 2 fully saturated rings. The largest absolute Gasteiger partial charge is 0.352 e. The topological polar surface area (TPSA) is 52.7 Å². The van der Waals surface area contributed by atoms with Gasteiger partial charge in [0.2, 0.25) is 11.8 Å². The second kappa shape index (κ2) is 7.44. The molecule has 0 aliphatic carbocycles. The van der Waals surface area contributed by atoms with E-state index in [-0.39, 0.29) is 29.7 Å². The fourth-order valence-electron chi connectivity index (χ4n) is 3.53. The quantitative estimate of drug-likeness (QED) is 0.859. The molecule has 2 heterocycles. The maximum Gasteiger partial charge on any atom is 0.225 e. The van der Waals surface area contributed by atoms with Gasteiger partial charge >= 0.3 is 0 Å². The van der Waals surface area contributed by atoms with Gasteiger partial charge in [-0.2, -0.15) is 0 Å². The van der Waals surface area contributed by atoms with Crippen molar-refractivity contribution in [3.63, 3.8) is 0 Å². The molecule has 0 aromatic rings. The zero-order valence-electron chi connectivity index (χ0n) is 14.5. The van der Waals surface area contributed by atoms with E-state index in [9.17, 15) is 9.59 Å². The molecule has 5 nitrogen and oxygen atoms in total. The summed E-state index contributed by atoms with van der Waals surface area (Å²) in [5, 5.41) is 3.25. The van der Waals surface area contributed by atoms with Crippen LogP contribution in [0.5, 0.6) is 0 Å². The van der Waals surface area contributed by atoms with Gasteiger partial charge in [-0.1, -0.05) is 13.8 Å². The summed E-state index contributed by atoms with van der Waals surface area (Å²) in [5.74, 6) is 0.504. The first-order valence-corrected chi connectivity index (χ1v) is 8.69. The van der Waals surface area contributed by atoms with Gasteiger partial charge in [-0.3, -0.25) is 9.59 Å². The molecule has 1 N–H and O–H groups in total. The maximum atomic E-state index is 12.5. The Hall–Kier alpha value is -1.10. The normalized spacial score (nSPS) is 28.0. The maximum absolute atomic E-state index is 12.5. The summed E-state index contributed by atoms with van der Waals surface area (Å²) < 4.78 is 0. The molecule has 0 unspecified atom stereocenters. The number of nitrogens with one attached hydrogen (secondary N) is 1. The van der Waals surface area contributed by atoms with Gasteiger partial charge < -0.3 is 15.1 Å². The minimum atomic E-state index is 0.0454. The number of hydrogen-bond donors (Lipinski definition) is 1. The number of carbonyl (C=O) groups is 2. The molecule has 0 spiro atoms. The number of piperidine rings is 2. The van der Waals surface area contributed by atoms with Gasteiger partial charge in [0, 0.05) is 37.0 Å². The SMILES string of the molecule is CC(C)C(=O)N1CCC(C(=O)N[C@@H]2CCCN(C)[C@@H]2C)CC1. The van der Waals surface area contributed by atoms with Crippen molar-refractivity contribution in [1.29, 1.82) is 0 Å². The third kappa shape index (κ3) is 4.00. The fourth-order valence-corrected chi connectivity index (χ4v) is 3.53. The van der Waals surface area contributed by atoms with E-state index < -0.39 is 0 Å².